The van der Waals surface area contributed by atoms with Crippen LogP contribution in [0, 0.1) is 5.41 Å². The molecular formula is C13H21N3O2. The molecule has 0 aromatic carbocycles. The fourth-order valence-electron chi connectivity index (χ4n) is 1.24. The molecule has 1 rings (SSSR count). The second-order valence-corrected chi connectivity index (χ2v) is 5.30. The van der Waals surface area contributed by atoms with E-state index in [1.807, 2.05) is 32.9 Å². The number of nitrogens with one attached hydrogen (secondary N) is 2. The molecule has 1 atom stereocenters. The molecule has 0 spiro atoms. The van der Waals surface area contributed by atoms with E-state index >= 15 is 0 Å². The van der Waals surface area contributed by atoms with Gasteiger partial charge < -0.3 is 15.7 Å². The van der Waals surface area contributed by atoms with Crippen LogP contribution in [0.25, 0.3) is 0 Å². The number of pyridine rings is 1. The van der Waals surface area contributed by atoms with Gasteiger partial charge in [0.1, 0.15) is 0 Å². The molecule has 0 saturated carbocycles. The zero-order valence-electron chi connectivity index (χ0n) is 11.1. The first-order valence-corrected chi connectivity index (χ1v) is 5.98. The number of aromatic nitrogens is 1. The first-order valence-electron chi connectivity index (χ1n) is 5.98. The topological polar surface area (TPSA) is 74.2 Å². The smallest absolute Gasteiger partial charge is 0.315 e. The van der Waals surface area contributed by atoms with Crippen molar-refractivity contribution in [2.24, 2.45) is 5.41 Å². The SMILES string of the molecule is CC(C)(C)[C@H](O)CNC(=O)NCc1ccncc1. The zero-order valence-corrected chi connectivity index (χ0v) is 11.1. The highest BCUT2D eigenvalue weighted by molar-refractivity contribution is 5.73. The van der Waals surface area contributed by atoms with Crippen LogP contribution in [0.3, 0.4) is 0 Å². The Kier molecular flexibility index (Phi) is 5.09. The van der Waals surface area contributed by atoms with Crippen molar-refractivity contribution in [3.63, 3.8) is 0 Å². The standard InChI is InChI=1S/C13H21N3O2/c1-13(2,3)11(17)9-16-12(18)15-8-10-4-6-14-7-5-10/h4-7,11,17H,8-9H2,1-3H3,(H2,15,16,18)/t11-/m1/s1. The molecule has 0 aliphatic heterocycles. The fourth-order valence-corrected chi connectivity index (χ4v) is 1.24. The van der Waals surface area contributed by atoms with Gasteiger partial charge in [-0.25, -0.2) is 4.79 Å². The summed E-state index contributed by atoms with van der Waals surface area (Å²) in [6.07, 6.45) is 2.79. The van der Waals surface area contributed by atoms with Gasteiger partial charge in [-0.2, -0.15) is 0 Å². The van der Waals surface area contributed by atoms with E-state index in [1.54, 1.807) is 12.4 Å². The predicted octanol–water partition coefficient (Wildman–Crippen LogP) is 1.29. The quantitative estimate of drug-likeness (QED) is 0.755. The van der Waals surface area contributed by atoms with Gasteiger partial charge in [-0.3, -0.25) is 4.98 Å². The Bertz CT molecular complexity index is 374. The molecular weight excluding hydrogens is 230 g/mol. The summed E-state index contributed by atoms with van der Waals surface area (Å²) in [5.41, 5.74) is 0.745. The monoisotopic (exact) mass is 251 g/mol. The number of aliphatic hydroxyl groups is 1. The van der Waals surface area contributed by atoms with Crippen LogP contribution in [0.1, 0.15) is 26.3 Å². The number of rotatable bonds is 4. The minimum atomic E-state index is -0.566. The molecule has 18 heavy (non-hydrogen) atoms. The number of carbonyl (C=O) groups excluding carboxylic acids is 1. The molecule has 0 aliphatic rings. The Morgan fingerprint density at radius 3 is 2.50 bits per heavy atom. The summed E-state index contributed by atoms with van der Waals surface area (Å²) in [6.45, 7) is 6.46. The van der Waals surface area contributed by atoms with Crippen molar-refractivity contribution in [1.82, 2.24) is 15.6 Å². The summed E-state index contributed by atoms with van der Waals surface area (Å²) in [4.78, 5) is 15.4. The highest BCUT2D eigenvalue weighted by Gasteiger charge is 2.22. The van der Waals surface area contributed by atoms with E-state index in [4.69, 9.17) is 0 Å². The number of nitrogens with zero attached hydrogens (tertiary/aromatic N) is 1. The van der Waals surface area contributed by atoms with Gasteiger partial charge in [-0.15, -0.1) is 0 Å². The summed E-state index contributed by atoms with van der Waals surface area (Å²) in [7, 11) is 0. The molecule has 5 nitrogen and oxygen atoms in total. The average molecular weight is 251 g/mol. The molecule has 5 heteroatoms. The van der Waals surface area contributed by atoms with Gasteiger partial charge in [-0.1, -0.05) is 20.8 Å². The van der Waals surface area contributed by atoms with Gasteiger partial charge in [0.2, 0.25) is 0 Å². The Morgan fingerprint density at radius 1 is 1.33 bits per heavy atom. The Balaban J connectivity index is 2.27. The average Bonchev–Trinajstić information content (AvgIpc) is 2.33. The van der Waals surface area contributed by atoms with Gasteiger partial charge in [-0.05, 0) is 23.1 Å². The number of hydrogen-bond donors (Lipinski definition) is 3. The van der Waals surface area contributed by atoms with Crippen molar-refractivity contribution < 1.29 is 9.90 Å². The van der Waals surface area contributed by atoms with E-state index in [2.05, 4.69) is 15.6 Å². The minimum Gasteiger partial charge on any atom is -0.391 e. The second kappa shape index (κ2) is 6.35. The Morgan fingerprint density at radius 2 is 1.94 bits per heavy atom. The van der Waals surface area contributed by atoms with Crippen molar-refractivity contribution in [3.8, 4) is 0 Å². The maximum atomic E-state index is 11.5. The number of urea groups is 1. The number of aliphatic hydroxyl groups excluding tert-OH is 1. The first-order chi connectivity index (χ1) is 8.39. The van der Waals surface area contributed by atoms with Crippen LogP contribution in [0.15, 0.2) is 24.5 Å². The lowest BCUT2D eigenvalue weighted by molar-refractivity contribution is 0.0650. The Labute approximate surface area is 108 Å². The molecule has 1 aromatic rings. The fraction of sp³-hybridized carbons (Fsp3) is 0.538. The van der Waals surface area contributed by atoms with Gasteiger partial charge >= 0.3 is 6.03 Å². The maximum absolute atomic E-state index is 11.5. The van der Waals surface area contributed by atoms with E-state index in [9.17, 15) is 9.90 Å². The zero-order chi connectivity index (χ0) is 13.6. The van der Waals surface area contributed by atoms with Crippen LogP contribution < -0.4 is 10.6 Å². The molecule has 0 fully saturated rings. The first kappa shape index (κ1) is 14.4. The predicted molar refractivity (Wildman–Crippen MR) is 69.9 cm³/mol. The van der Waals surface area contributed by atoms with Crippen LogP contribution in [0.5, 0.6) is 0 Å². The lowest BCUT2D eigenvalue weighted by Gasteiger charge is -2.25. The molecule has 3 N–H and O–H groups in total. The lowest BCUT2D eigenvalue weighted by Crippen LogP contribution is -2.43. The van der Waals surface area contributed by atoms with Gasteiger partial charge in [0, 0.05) is 25.5 Å². The highest BCUT2D eigenvalue weighted by Crippen LogP contribution is 2.17. The number of hydrogen-bond acceptors (Lipinski definition) is 3. The van der Waals surface area contributed by atoms with Gasteiger partial charge in [0.15, 0.2) is 0 Å². The summed E-state index contributed by atoms with van der Waals surface area (Å²) < 4.78 is 0. The number of carbonyl (C=O) groups is 1. The molecule has 0 aliphatic carbocycles. The van der Waals surface area contributed by atoms with Crippen LogP contribution in [-0.4, -0.2) is 28.8 Å². The summed E-state index contributed by atoms with van der Waals surface area (Å²) in [5, 5.41) is 15.1. The van der Waals surface area contributed by atoms with E-state index in [-0.39, 0.29) is 18.0 Å². The Hall–Kier alpha value is -1.62. The van der Waals surface area contributed by atoms with E-state index in [1.165, 1.54) is 0 Å². The molecule has 0 saturated heterocycles. The molecule has 0 bridgehead atoms. The largest absolute Gasteiger partial charge is 0.391 e. The van der Waals surface area contributed by atoms with Crippen molar-refractivity contribution in [3.05, 3.63) is 30.1 Å². The van der Waals surface area contributed by atoms with Gasteiger partial charge in [0.25, 0.3) is 0 Å². The molecule has 0 unspecified atom stereocenters. The lowest BCUT2D eigenvalue weighted by atomic mass is 9.89. The van der Waals surface area contributed by atoms with E-state index in [0.29, 0.717) is 6.54 Å². The third-order valence-corrected chi connectivity index (χ3v) is 2.66. The van der Waals surface area contributed by atoms with E-state index < -0.39 is 6.10 Å². The van der Waals surface area contributed by atoms with Crippen LogP contribution in [0.4, 0.5) is 4.79 Å². The number of amides is 2. The molecule has 2 amide bonds. The van der Waals surface area contributed by atoms with Crippen LogP contribution in [-0.2, 0) is 6.54 Å². The summed E-state index contributed by atoms with van der Waals surface area (Å²) in [6, 6.07) is 3.39. The van der Waals surface area contributed by atoms with E-state index in [0.717, 1.165) is 5.56 Å². The normalized spacial score (nSPS) is 12.9. The van der Waals surface area contributed by atoms with Crippen molar-refractivity contribution in [2.75, 3.05) is 6.54 Å². The van der Waals surface area contributed by atoms with Crippen molar-refractivity contribution in [1.29, 1.82) is 0 Å². The maximum Gasteiger partial charge on any atom is 0.315 e. The molecule has 100 valence electrons. The minimum absolute atomic E-state index is 0.238. The van der Waals surface area contributed by atoms with Gasteiger partial charge in [0.05, 0.1) is 6.10 Å². The second-order valence-electron chi connectivity index (χ2n) is 5.30. The molecule has 0 radical (unpaired) electrons. The highest BCUT2D eigenvalue weighted by atomic mass is 16.3. The summed E-state index contributed by atoms with van der Waals surface area (Å²) in [5.74, 6) is 0. The third-order valence-electron chi connectivity index (χ3n) is 2.66. The van der Waals surface area contributed by atoms with Crippen LogP contribution in [0.2, 0.25) is 0 Å². The van der Waals surface area contributed by atoms with Crippen LogP contribution >= 0.6 is 0 Å². The molecule has 1 aromatic heterocycles. The van der Waals surface area contributed by atoms with Crippen molar-refractivity contribution in [2.45, 2.75) is 33.4 Å². The third kappa shape index (κ3) is 5.14. The van der Waals surface area contributed by atoms with Crippen molar-refractivity contribution >= 4 is 6.03 Å². The molecule has 1 heterocycles. The summed E-state index contributed by atoms with van der Waals surface area (Å²) >= 11 is 0.